The van der Waals surface area contributed by atoms with E-state index in [0.29, 0.717) is 17.2 Å². The SMILES string of the molecule is COc1ccc(NC(=O)[C@H](C)Oc2ccccc2OC)cc1. The minimum atomic E-state index is -0.654. The molecule has 0 radical (unpaired) electrons. The summed E-state index contributed by atoms with van der Waals surface area (Å²) in [5.41, 5.74) is 0.682. The Morgan fingerprint density at radius 3 is 2.18 bits per heavy atom. The number of hydrogen-bond donors (Lipinski definition) is 1. The fraction of sp³-hybridized carbons (Fsp3) is 0.235. The Morgan fingerprint density at radius 2 is 1.59 bits per heavy atom. The van der Waals surface area contributed by atoms with Crippen LogP contribution < -0.4 is 19.5 Å². The smallest absolute Gasteiger partial charge is 0.265 e. The predicted molar refractivity (Wildman–Crippen MR) is 84.7 cm³/mol. The normalized spacial score (nSPS) is 11.4. The topological polar surface area (TPSA) is 56.8 Å². The maximum Gasteiger partial charge on any atom is 0.265 e. The molecule has 0 aliphatic heterocycles. The second kappa shape index (κ2) is 7.36. The first-order valence-corrected chi connectivity index (χ1v) is 6.88. The molecular formula is C17H19NO4. The molecule has 0 aromatic heterocycles. The quantitative estimate of drug-likeness (QED) is 0.890. The van der Waals surface area contributed by atoms with Gasteiger partial charge in [-0.25, -0.2) is 0 Å². The van der Waals surface area contributed by atoms with E-state index in [0.717, 1.165) is 5.75 Å². The molecule has 0 aliphatic carbocycles. The van der Waals surface area contributed by atoms with Crippen molar-refractivity contribution in [3.63, 3.8) is 0 Å². The van der Waals surface area contributed by atoms with Crippen molar-refractivity contribution < 1.29 is 19.0 Å². The maximum absolute atomic E-state index is 12.2. The summed E-state index contributed by atoms with van der Waals surface area (Å²) in [6.07, 6.45) is -0.654. The summed E-state index contributed by atoms with van der Waals surface area (Å²) < 4.78 is 15.9. The molecule has 2 aromatic carbocycles. The minimum Gasteiger partial charge on any atom is -0.497 e. The zero-order valence-corrected chi connectivity index (χ0v) is 12.8. The molecule has 0 unspecified atom stereocenters. The van der Waals surface area contributed by atoms with Crippen LogP contribution in [-0.2, 0) is 4.79 Å². The van der Waals surface area contributed by atoms with Gasteiger partial charge < -0.3 is 19.5 Å². The molecule has 0 saturated carbocycles. The van der Waals surface area contributed by atoms with Gasteiger partial charge in [0.2, 0.25) is 0 Å². The monoisotopic (exact) mass is 301 g/mol. The van der Waals surface area contributed by atoms with Crippen LogP contribution >= 0.6 is 0 Å². The summed E-state index contributed by atoms with van der Waals surface area (Å²) in [4.78, 5) is 12.2. The average Bonchev–Trinajstić information content (AvgIpc) is 2.56. The number of hydrogen-bond acceptors (Lipinski definition) is 4. The van der Waals surface area contributed by atoms with Crippen LogP contribution in [-0.4, -0.2) is 26.2 Å². The van der Waals surface area contributed by atoms with Gasteiger partial charge in [-0.15, -0.1) is 0 Å². The lowest BCUT2D eigenvalue weighted by Gasteiger charge is -2.16. The third kappa shape index (κ3) is 3.91. The molecule has 2 aromatic rings. The first kappa shape index (κ1) is 15.7. The Bertz CT molecular complexity index is 625. The van der Waals surface area contributed by atoms with Crippen LogP contribution in [0.3, 0.4) is 0 Å². The molecule has 0 bridgehead atoms. The van der Waals surface area contributed by atoms with Gasteiger partial charge in [-0.3, -0.25) is 4.79 Å². The Kier molecular flexibility index (Phi) is 5.25. The van der Waals surface area contributed by atoms with Crippen LogP contribution in [0.4, 0.5) is 5.69 Å². The van der Waals surface area contributed by atoms with Gasteiger partial charge in [0.05, 0.1) is 14.2 Å². The molecule has 0 saturated heterocycles. The molecule has 116 valence electrons. The predicted octanol–water partition coefficient (Wildman–Crippen LogP) is 3.11. The van der Waals surface area contributed by atoms with E-state index in [4.69, 9.17) is 14.2 Å². The van der Waals surface area contributed by atoms with Gasteiger partial charge in [0.25, 0.3) is 5.91 Å². The number of anilines is 1. The van der Waals surface area contributed by atoms with E-state index < -0.39 is 6.10 Å². The second-order valence-electron chi connectivity index (χ2n) is 4.63. The van der Waals surface area contributed by atoms with Gasteiger partial charge in [-0.05, 0) is 43.3 Å². The number of benzene rings is 2. The fourth-order valence-corrected chi connectivity index (χ4v) is 1.88. The highest BCUT2D eigenvalue weighted by Gasteiger charge is 2.16. The molecule has 0 heterocycles. The third-order valence-corrected chi connectivity index (χ3v) is 3.10. The Balaban J connectivity index is 1.99. The fourth-order valence-electron chi connectivity index (χ4n) is 1.88. The maximum atomic E-state index is 12.2. The van der Waals surface area contributed by atoms with E-state index >= 15 is 0 Å². The van der Waals surface area contributed by atoms with Gasteiger partial charge in [0.1, 0.15) is 5.75 Å². The lowest BCUT2D eigenvalue weighted by Crippen LogP contribution is -2.30. The first-order valence-electron chi connectivity index (χ1n) is 6.88. The number of carbonyl (C=O) groups is 1. The minimum absolute atomic E-state index is 0.240. The molecule has 1 N–H and O–H groups in total. The Hall–Kier alpha value is -2.69. The number of ether oxygens (including phenoxy) is 3. The second-order valence-corrected chi connectivity index (χ2v) is 4.63. The van der Waals surface area contributed by atoms with Crippen molar-refractivity contribution in [1.82, 2.24) is 0 Å². The molecule has 5 nitrogen and oxygen atoms in total. The van der Waals surface area contributed by atoms with Crippen LogP contribution in [0.15, 0.2) is 48.5 Å². The van der Waals surface area contributed by atoms with Gasteiger partial charge in [-0.2, -0.15) is 0 Å². The molecule has 5 heteroatoms. The molecule has 0 spiro atoms. The van der Waals surface area contributed by atoms with E-state index in [1.165, 1.54) is 0 Å². The Labute approximate surface area is 129 Å². The van der Waals surface area contributed by atoms with Crippen LogP contribution in [0.1, 0.15) is 6.92 Å². The van der Waals surface area contributed by atoms with Crippen molar-refractivity contribution >= 4 is 11.6 Å². The molecule has 1 atom stereocenters. The zero-order valence-electron chi connectivity index (χ0n) is 12.8. The standard InChI is InChI=1S/C17H19NO4/c1-12(22-16-7-5-4-6-15(16)21-3)17(19)18-13-8-10-14(20-2)11-9-13/h4-12H,1-3H3,(H,18,19)/t12-/m0/s1. The highest BCUT2D eigenvalue weighted by atomic mass is 16.5. The Morgan fingerprint density at radius 1 is 0.955 bits per heavy atom. The largest absolute Gasteiger partial charge is 0.497 e. The zero-order chi connectivity index (χ0) is 15.9. The number of methoxy groups -OCH3 is 2. The van der Waals surface area contributed by atoms with Crippen LogP contribution in [0.25, 0.3) is 0 Å². The summed E-state index contributed by atoms with van der Waals surface area (Å²) in [5, 5.41) is 2.79. The number of amides is 1. The van der Waals surface area contributed by atoms with Crippen LogP contribution in [0.2, 0.25) is 0 Å². The number of rotatable bonds is 6. The van der Waals surface area contributed by atoms with Crippen molar-refractivity contribution in [2.24, 2.45) is 0 Å². The van der Waals surface area contributed by atoms with Crippen molar-refractivity contribution in [1.29, 1.82) is 0 Å². The lowest BCUT2D eigenvalue weighted by molar-refractivity contribution is -0.122. The van der Waals surface area contributed by atoms with Gasteiger partial charge in [0, 0.05) is 5.69 Å². The number of nitrogens with one attached hydrogen (secondary N) is 1. The summed E-state index contributed by atoms with van der Waals surface area (Å²) >= 11 is 0. The highest BCUT2D eigenvalue weighted by molar-refractivity contribution is 5.94. The van der Waals surface area contributed by atoms with Crippen molar-refractivity contribution in [2.45, 2.75) is 13.0 Å². The van der Waals surface area contributed by atoms with Crippen molar-refractivity contribution in [3.05, 3.63) is 48.5 Å². The summed E-state index contributed by atoms with van der Waals surface area (Å²) in [6.45, 7) is 1.69. The molecule has 1 amide bonds. The first-order chi connectivity index (χ1) is 10.6. The molecule has 0 fully saturated rings. The van der Waals surface area contributed by atoms with Crippen LogP contribution in [0.5, 0.6) is 17.2 Å². The molecule has 2 rings (SSSR count). The van der Waals surface area contributed by atoms with E-state index in [1.807, 2.05) is 12.1 Å². The molecular weight excluding hydrogens is 282 g/mol. The van der Waals surface area contributed by atoms with Gasteiger partial charge in [0.15, 0.2) is 17.6 Å². The molecule has 22 heavy (non-hydrogen) atoms. The van der Waals surface area contributed by atoms with Crippen molar-refractivity contribution in [3.8, 4) is 17.2 Å². The highest BCUT2D eigenvalue weighted by Crippen LogP contribution is 2.27. The average molecular weight is 301 g/mol. The summed E-state index contributed by atoms with van der Waals surface area (Å²) in [5.74, 6) is 1.61. The van der Waals surface area contributed by atoms with Gasteiger partial charge in [-0.1, -0.05) is 12.1 Å². The van der Waals surface area contributed by atoms with E-state index in [1.54, 1.807) is 57.5 Å². The molecule has 0 aliphatic rings. The van der Waals surface area contributed by atoms with E-state index in [9.17, 15) is 4.79 Å². The van der Waals surface area contributed by atoms with Crippen molar-refractivity contribution in [2.75, 3.05) is 19.5 Å². The number of carbonyl (C=O) groups excluding carboxylic acids is 1. The van der Waals surface area contributed by atoms with Crippen LogP contribution in [0, 0.1) is 0 Å². The lowest BCUT2D eigenvalue weighted by atomic mass is 10.2. The summed E-state index contributed by atoms with van der Waals surface area (Å²) in [6, 6.07) is 14.3. The van der Waals surface area contributed by atoms with E-state index in [2.05, 4.69) is 5.32 Å². The van der Waals surface area contributed by atoms with E-state index in [-0.39, 0.29) is 5.91 Å². The third-order valence-electron chi connectivity index (χ3n) is 3.10. The number of para-hydroxylation sites is 2. The van der Waals surface area contributed by atoms with Gasteiger partial charge >= 0.3 is 0 Å². The summed E-state index contributed by atoms with van der Waals surface area (Å²) in [7, 11) is 3.15.